The number of aromatic nitrogens is 2. The number of imidazole rings is 1. The summed E-state index contributed by atoms with van der Waals surface area (Å²) in [6, 6.07) is 21.2. The van der Waals surface area contributed by atoms with E-state index in [2.05, 4.69) is 19.4 Å². The second-order valence-corrected chi connectivity index (χ2v) is 12.4. The number of nitrogens with zero attached hydrogens (tertiary/aromatic N) is 2. The Bertz CT molecular complexity index is 1580. The van der Waals surface area contributed by atoms with Crippen LogP contribution in [-0.2, 0) is 21.2 Å². The van der Waals surface area contributed by atoms with Gasteiger partial charge in [0.15, 0.2) is 0 Å². The van der Waals surface area contributed by atoms with Crippen molar-refractivity contribution < 1.29 is 22.3 Å². The average Bonchev–Trinajstić information content (AvgIpc) is 3.43. The minimum atomic E-state index is -3.96. The highest BCUT2D eigenvalue weighted by molar-refractivity contribution is 8.23. The van der Waals surface area contributed by atoms with Crippen LogP contribution in [-0.4, -0.2) is 33.4 Å². The molecule has 4 aromatic rings. The van der Waals surface area contributed by atoms with Crippen molar-refractivity contribution in [3.8, 4) is 6.07 Å². The molecule has 0 spiro atoms. The molecule has 1 saturated heterocycles. The van der Waals surface area contributed by atoms with Crippen molar-refractivity contribution in [1.29, 1.82) is 5.26 Å². The third-order valence-electron chi connectivity index (χ3n) is 6.15. The molecule has 190 valence electrons. The van der Waals surface area contributed by atoms with Crippen LogP contribution in [0.2, 0.25) is 0 Å². The molecule has 37 heavy (non-hydrogen) atoms. The van der Waals surface area contributed by atoms with Crippen LogP contribution in [0.3, 0.4) is 0 Å². The van der Waals surface area contributed by atoms with E-state index in [1.165, 1.54) is 24.3 Å². The van der Waals surface area contributed by atoms with Gasteiger partial charge in [0.2, 0.25) is 15.9 Å². The number of nitrogens with one attached hydrogen (secondary N) is 3. The lowest BCUT2D eigenvalue weighted by Crippen LogP contribution is -2.31. The largest absolute Gasteiger partial charge is 0.341 e. The van der Waals surface area contributed by atoms with Gasteiger partial charge in [0.25, 0.3) is 0 Å². The summed E-state index contributed by atoms with van der Waals surface area (Å²) in [5.74, 6) is 0.0125. The number of carbonyl (C=O) groups is 1. The summed E-state index contributed by atoms with van der Waals surface area (Å²) in [6.45, 7) is 0. The lowest BCUT2D eigenvalue weighted by Gasteiger charge is -2.32. The number of hydrogen-bond acceptors (Lipinski definition) is 7. The van der Waals surface area contributed by atoms with Crippen LogP contribution in [0.25, 0.3) is 11.0 Å². The minimum Gasteiger partial charge on any atom is -0.341 e. The van der Waals surface area contributed by atoms with E-state index in [1.54, 1.807) is 24.3 Å². The zero-order valence-corrected chi connectivity index (χ0v) is 21.0. The van der Waals surface area contributed by atoms with Crippen molar-refractivity contribution in [1.82, 2.24) is 19.4 Å². The molecule has 3 aromatic carbocycles. The van der Waals surface area contributed by atoms with Crippen LogP contribution < -0.4 is 9.44 Å². The standard InChI is InChI=1S/C25H23N5O5S2/c26-15-17-7-11-19(12-8-17)36(32,33)29-22(25-27-20-3-1-2-4-21(20)28-25)13-16-5-9-18(10-6-16)23-14-24(31)30-37(23,34)35/h1-12,22-23,29,34-35H,13-14H2,(H,27,28)(H,30,31)/t22-,23?/m0/s1. The number of fused-ring (bicyclic) bond motifs is 1. The minimum absolute atomic E-state index is 0.0200. The van der Waals surface area contributed by atoms with E-state index in [1.807, 2.05) is 30.3 Å². The molecule has 1 aliphatic rings. The van der Waals surface area contributed by atoms with Gasteiger partial charge in [0.05, 0.1) is 40.0 Å². The highest BCUT2D eigenvalue weighted by atomic mass is 32.3. The van der Waals surface area contributed by atoms with E-state index in [0.29, 0.717) is 22.5 Å². The van der Waals surface area contributed by atoms with Crippen molar-refractivity contribution >= 4 is 37.7 Å². The first-order valence-corrected chi connectivity index (χ1v) is 14.4. The second kappa shape index (κ2) is 9.62. The number of para-hydroxylation sites is 2. The SMILES string of the molecule is N#Cc1ccc(S(=O)(=O)N[C@@H](Cc2ccc(C3CC(=O)NS3(O)O)cc2)c2nc3ccccc3[nH]2)cc1. The summed E-state index contributed by atoms with van der Waals surface area (Å²) in [4.78, 5) is 19.5. The molecule has 5 N–H and O–H groups in total. The maximum absolute atomic E-state index is 13.2. The first-order valence-electron chi connectivity index (χ1n) is 11.3. The topological polar surface area (TPSA) is 168 Å². The van der Waals surface area contributed by atoms with Gasteiger partial charge < -0.3 is 4.98 Å². The number of sulfonamides is 1. The van der Waals surface area contributed by atoms with Crippen molar-refractivity contribution in [2.24, 2.45) is 0 Å². The van der Waals surface area contributed by atoms with Crippen LogP contribution in [0, 0.1) is 11.3 Å². The number of benzene rings is 3. The molecule has 1 aromatic heterocycles. The molecule has 0 radical (unpaired) electrons. The molecule has 2 heterocycles. The summed E-state index contributed by atoms with van der Waals surface area (Å²) in [5, 5.41) is 8.27. The molecule has 2 atom stereocenters. The Morgan fingerprint density at radius 3 is 2.41 bits per heavy atom. The third kappa shape index (κ3) is 5.22. The molecule has 10 nitrogen and oxygen atoms in total. The van der Waals surface area contributed by atoms with Crippen molar-refractivity contribution in [2.75, 3.05) is 0 Å². The number of nitriles is 1. The number of H-pyrrole nitrogens is 1. The normalized spacial score (nSPS) is 18.7. The van der Waals surface area contributed by atoms with Gasteiger partial charge in [0, 0.05) is 0 Å². The monoisotopic (exact) mass is 537 g/mol. The number of carbonyl (C=O) groups excluding carboxylic acids is 1. The van der Waals surface area contributed by atoms with E-state index in [9.17, 15) is 22.3 Å². The number of aromatic amines is 1. The lowest BCUT2D eigenvalue weighted by atomic mass is 10.0. The Kier molecular flexibility index (Phi) is 6.49. The van der Waals surface area contributed by atoms with Gasteiger partial charge in [-0.05, 0) is 53.9 Å². The summed E-state index contributed by atoms with van der Waals surface area (Å²) in [6.07, 6.45) is 0.224. The van der Waals surface area contributed by atoms with E-state index >= 15 is 0 Å². The fourth-order valence-corrected chi connectivity index (χ4v) is 6.95. The molecule has 0 aliphatic carbocycles. The Balaban J connectivity index is 1.45. The summed E-state index contributed by atoms with van der Waals surface area (Å²) in [5.41, 5.74) is 3.17. The highest BCUT2D eigenvalue weighted by Crippen LogP contribution is 2.56. The van der Waals surface area contributed by atoms with Gasteiger partial charge in [-0.3, -0.25) is 18.6 Å². The van der Waals surface area contributed by atoms with E-state index in [0.717, 1.165) is 11.1 Å². The van der Waals surface area contributed by atoms with Gasteiger partial charge in [-0.15, -0.1) is 10.8 Å². The van der Waals surface area contributed by atoms with Crippen LogP contribution in [0.1, 0.15) is 40.2 Å². The fourth-order valence-electron chi connectivity index (χ4n) is 4.27. The number of rotatable bonds is 7. The highest BCUT2D eigenvalue weighted by Gasteiger charge is 2.38. The maximum Gasteiger partial charge on any atom is 0.241 e. The zero-order chi connectivity index (χ0) is 26.2. The molecule has 1 fully saturated rings. The van der Waals surface area contributed by atoms with E-state index < -0.39 is 38.0 Å². The summed E-state index contributed by atoms with van der Waals surface area (Å²) < 4.78 is 51.8. The Morgan fingerprint density at radius 1 is 1.08 bits per heavy atom. The van der Waals surface area contributed by atoms with Crippen LogP contribution in [0.4, 0.5) is 0 Å². The van der Waals surface area contributed by atoms with Gasteiger partial charge in [-0.2, -0.15) is 5.26 Å². The van der Waals surface area contributed by atoms with Crippen LogP contribution in [0.15, 0.2) is 77.7 Å². The summed E-state index contributed by atoms with van der Waals surface area (Å²) in [7, 11) is -7.23. The Morgan fingerprint density at radius 2 is 1.78 bits per heavy atom. The first kappa shape index (κ1) is 24.9. The Hall–Kier alpha value is -3.73. The third-order valence-corrected chi connectivity index (χ3v) is 9.40. The molecule has 0 saturated carbocycles. The zero-order valence-electron chi connectivity index (χ0n) is 19.3. The maximum atomic E-state index is 13.2. The van der Waals surface area contributed by atoms with E-state index in [4.69, 9.17) is 5.26 Å². The first-order chi connectivity index (χ1) is 17.6. The Labute approximate surface area is 214 Å². The summed E-state index contributed by atoms with van der Waals surface area (Å²) >= 11 is 0. The van der Waals surface area contributed by atoms with Crippen molar-refractivity contribution in [2.45, 2.75) is 29.0 Å². The smallest absolute Gasteiger partial charge is 0.241 e. The van der Waals surface area contributed by atoms with Crippen molar-refractivity contribution in [3.05, 3.63) is 95.3 Å². The number of amides is 1. The lowest BCUT2D eigenvalue weighted by molar-refractivity contribution is -0.118. The predicted molar refractivity (Wildman–Crippen MR) is 139 cm³/mol. The van der Waals surface area contributed by atoms with Gasteiger partial charge in [-0.25, -0.2) is 18.1 Å². The fraction of sp³-hybridized carbons (Fsp3) is 0.160. The molecular weight excluding hydrogens is 514 g/mol. The molecule has 5 rings (SSSR count). The van der Waals surface area contributed by atoms with E-state index in [-0.39, 0.29) is 17.7 Å². The van der Waals surface area contributed by atoms with Gasteiger partial charge in [-0.1, -0.05) is 36.4 Å². The van der Waals surface area contributed by atoms with Gasteiger partial charge in [0.1, 0.15) is 11.1 Å². The molecule has 12 heteroatoms. The quantitative estimate of drug-likeness (QED) is 0.238. The molecule has 0 bridgehead atoms. The average molecular weight is 538 g/mol. The molecular formula is C25H23N5O5S2. The predicted octanol–water partition coefficient (Wildman–Crippen LogP) is 3.92. The van der Waals surface area contributed by atoms with Gasteiger partial charge >= 0.3 is 0 Å². The van der Waals surface area contributed by atoms with Crippen LogP contribution >= 0.6 is 10.8 Å². The molecule has 1 amide bonds. The molecule has 1 aliphatic heterocycles. The molecule has 1 unspecified atom stereocenters. The second-order valence-electron chi connectivity index (χ2n) is 8.71. The van der Waals surface area contributed by atoms with Crippen molar-refractivity contribution in [3.63, 3.8) is 0 Å². The van der Waals surface area contributed by atoms with Crippen LogP contribution in [0.5, 0.6) is 0 Å². The number of hydrogen-bond donors (Lipinski definition) is 5.